The van der Waals surface area contributed by atoms with Gasteiger partial charge in [0.1, 0.15) is 17.4 Å². The van der Waals surface area contributed by atoms with Gasteiger partial charge in [0, 0.05) is 41.3 Å². The number of rotatable bonds is 7. The molecule has 0 radical (unpaired) electrons. The van der Waals surface area contributed by atoms with Gasteiger partial charge in [-0.05, 0) is 44.2 Å². The van der Waals surface area contributed by atoms with Gasteiger partial charge in [-0.2, -0.15) is 0 Å². The van der Waals surface area contributed by atoms with Gasteiger partial charge >= 0.3 is 0 Å². The Morgan fingerprint density at radius 2 is 1.74 bits per heavy atom. The topological polar surface area (TPSA) is 127 Å². The van der Waals surface area contributed by atoms with E-state index in [1.165, 1.54) is 18.6 Å². The van der Waals surface area contributed by atoms with Crippen LogP contribution >= 0.6 is 0 Å². The summed E-state index contributed by atoms with van der Waals surface area (Å²) >= 11 is 0. The number of hydrogen-bond donors (Lipinski definition) is 3. The molecule has 0 unspecified atom stereocenters. The highest BCUT2D eigenvalue weighted by Crippen LogP contribution is 2.24. The van der Waals surface area contributed by atoms with Crippen molar-refractivity contribution < 1.29 is 9.53 Å². The Balaban J connectivity index is 1.80. The molecule has 4 N–H and O–H groups in total. The van der Waals surface area contributed by atoms with Crippen molar-refractivity contribution in [1.29, 1.82) is 5.41 Å². The number of amides is 1. The van der Waals surface area contributed by atoms with E-state index in [0.29, 0.717) is 39.8 Å². The normalized spacial score (nSPS) is 10.9. The lowest BCUT2D eigenvalue weighted by Gasteiger charge is -2.14. The Hall–Kier alpha value is -3.81. The van der Waals surface area contributed by atoms with Gasteiger partial charge < -0.3 is 15.8 Å². The Bertz CT molecular complexity index is 1090. The van der Waals surface area contributed by atoms with Crippen LogP contribution in [0, 0.1) is 5.41 Å². The van der Waals surface area contributed by atoms with E-state index in [2.05, 4.69) is 20.3 Å². The monoisotopic (exact) mass is 418 g/mol. The molecule has 2 heterocycles. The van der Waals surface area contributed by atoms with Crippen LogP contribution in [0.3, 0.4) is 0 Å². The summed E-state index contributed by atoms with van der Waals surface area (Å²) in [5, 5.41) is 11.3. The van der Waals surface area contributed by atoms with E-state index < -0.39 is 0 Å². The number of ether oxygens (including phenoxy) is 1. The number of nitrogens with one attached hydrogen (secondary N) is 2. The number of aromatic nitrogens is 3. The van der Waals surface area contributed by atoms with Crippen LogP contribution < -0.4 is 15.8 Å². The van der Waals surface area contributed by atoms with Crippen LogP contribution in [0.25, 0.3) is 0 Å². The molecule has 1 amide bonds. The van der Waals surface area contributed by atoms with Crippen LogP contribution in [0.15, 0.2) is 48.9 Å². The number of benzene rings is 1. The third-order valence-corrected chi connectivity index (χ3v) is 4.41. The summed E-state index contributed by atoms with van der Waals surface area (Å²) in [7, 11) is 0. The van der Waals surface area contributed by atoms with Crippen LogP contribution in [0.2, 0.25) is 0 Å². The Kier molecular flexibility index (Phi) is 6.59. The summed E-state index contributed by atoms with van der Waals surface area (Å²) in [6.45, 7) is 7.83. The molecule has 3 rings (SSSR count). The highest BCUT2D eigenvalue weighted by Gasteiger charge is 2.14. The van der Waals surface area contributed by atoms with Gasteiger partial charge in [-0.25, -0.2) is 15.0 Å². The molecule has 0 fully saturated rings. The van der Waals surface area contributed by atoms with Crippen LogP contribution in [0.1, 0.15) is 60.9 Å². The average molecular weight is 419 g/mol. The minimum absolute atomic E-state index is 0.00646. The highest BCUT2D eigenvalue weighted by atomic mass is 16.5. The summed E-state index contributed by atoms with van der Waals surface area (Å²) in [6, 6.07) is 8.54. The van der Waals surface area contributed by atoms with E-state index in [0.717, 1.165) is 0 Å². The summed E-state index contributed by atoms with van der Waals surface area (Å²) in [4.78, 5) is 25.1. The van der Waals surface area contributed by atoms with Crippen molar-refractivity contribution in [3.8, 4) is 5.75 Å². The first-order chi connectivity index (χ1) is 14.7. The zero-order valence-electron chi connectivity index (χ0n) is 18.0. The van der Waals surface area contributed by atoms with Crippen LogP contribution in [0.4, 0.5) is 11.5 Å². The molecule has 2 aromatic heterocycles. The summed E-state index contributed by atoms with van der Waals surface area (Å²) < 4.78 is 5.71. The molecular formula is C23H26N6O2. The van der Waals surface area contributed by atoms with Crippen molar-refractivity contribution in [2.45, 2.75) is 39.7 Å². The van der Waals surface area contributed by atoms with Crippen molar-refractivity contribution in [1.82, 2.24) is 15.0 Å². The number of anilines is 2. The highest BCUT2D eigenvalue weighted by molar-refractivity contribution is 6.14. The molecule has 0 aliphatic rings. The maximum atomic E-state index is 12.5. The van der Waals surface area contributed by atoms with E-state index in [-0.39, 0.29) is 23.6 Å². The molecule has 8 heteroatoms. The van der Waals surface area contributed by atoms with Gasteiger partial charge in [-0.3, -0.25) is 10.2 Å². The van der Waals surface area contributed by atoms with E-state index in [9.17, 15) is 4.79 Å². The average Bonchev–Trinajstić information content (AvgIpc) is 2.74. The predicted octanol–water partition coefficient (Wildman–Crippen LogP) is 4.03. The molecule has 0 saturated heterocycles. The first kappa shape index (κ1) is 21.9. The molecule has 0 spiro atoms. The number of carbonyl (C=O) groups excluding carboxylic acids is 1. The lowest BCUT2D eigenvalue weighted by Crippen LogP contribution is -2.15. The summed E-state index contributed by atoms with van der Waals surface area (Å²) in [6.07, 6.45) is 4.52. The molecule has 0 aliphatic heterocycles. The number of nitrogens with zero attached hydrogens (tertiary/aromatic N) is 3. The molecule has 1 aromatic carbocycles. The van der Waals surface area contributed by atoms with Gasteiger partial charge in [0.2, 0.25) is 0 Å². The van der Waals surface area contributed by atoms with E-state index in [1.807, 2.05) is 27.7 Å². The molecule has 0 saturated carbocycles. The third-order valence-electron chi connectivity index (χ3n) is 4.41. The zero-order valence-corrected chi connectivity index (χ0v) is 18.0. The Morgan fingerprint density at radius 1 is 1.03 bits per heavy atom. The smallest absolute Gasteiger partial charge is 0.259 e. The number of nitrogens with two attached hydrogens (primary N) is 1. The summed E-state index contributed by atoms with van der Waals surface area (Å²) in [5.74, 6) is 1.42. The van der Waals surface area contributed by atoms with Crippen LogP contribution in [-0.2, 0) is 0 Å². The van der Waals surface area contributed by atoms with E-state index in [1.54, 1.807) is 30.3 Å². The number of hydrogen-bond acceptors (Lipinski definition) is 7. The van der Waals surface area contributed by atoms with Crippen molar-refractivity contribution in [3.63, 3.8) is 0 Å². The molecule has 31 heavy (non-hydrogen) atoms. The lowest BCUT2D eigenvalue weighted by molar-refractivity contribution is 0.102. The third kappa shape index (κ3) is 5.42. The first-order valence-corrected chi connectivity index (χ1v) is 9.99. The fraction of sp³-hybridized carbons (Fsp3) is 0.261. The second-order valence-corrected chi connectivity index (χ2v) is 7.66. The van der Waals surface area contributed by atoms with Crippen molar-refractivity contribution >= 4 is 23.1 Å². The fourth-order valence-electron chi connectivity index (χ4n) is 2.85. The first-order valence-electron chi connectivity index (χ1n) is 9.99. The van der Waals surface area contributed by atoms with Crippen LogP contribution in [0.5, 0.6) is 5.75 Å². The van der Waals surface area contributed by atoms with Gasteiger partial charge in [-0.1, -0.05) is 13.8 Å². The maximum Gasteiger partial charge on any atom is 0.259 e. The zero-order chi connectivity index (χ0) is 22.5. The number of pyridine rings is 1. The molecule has 3 aromatic rings. The van der Waals surface area contributed by atoms with Crippen molar-refractivity contribution in [3.05, 3.63) is 71.4 Å². The quantitative estimate of drug-likeness (QED) is 0.393. The second-order valence-electron chi connectivity index (χ2n) is 7.66. The van der Waals surface area contributed by atoms with Gasteiger partial charge in [0.05, 0.1) is 17.4 Å². The van der Waals surface area contributed by atoms with Crippen molar-refractivity contribution in [2.75, 3.05) is 11.1 Å². The van der Waals surface area contributed by atoms with Gasteiger partial charge in [0.25, 0.3) is 5.91 Å². The molecular weight excluding hydrogens is 392 g/mol. The van der Waals surface area contributed by atoms with Crippen molar-refractivity contribution in [2.24, 2.45) is 0 Å². The predicted molar refractivity (Wildman–Crippen MR) is 121 cm³/mol. The Labute approximate surface area is 181 Å². The molecule has 160 valence electrons. The minimum atomic E-state index is -0.377. The second kappa shape index (κ2) is 9.34. The standard InChI is InChI=1S/C23H26N6O2/c1-13(2)22-27-11-16(12-28-22)23(30)29-20-9-15(7-8-26-20)21(25)18-10-17(31-14(3)4)5-6-19(18)24/h5-14,25H,24H2,1-4H3,(H,26,29,30). The van der Waals surface area contributed by atoms with E-state index >= 15 is 0 Å². The molecule has 0 atom stereocenters. The maximum absolute atomic E-state index is 12.5. The van der Waals surface area contributed by atoms with Gasteiger partial charge in [-0.15, -0.1) is 0 Å². The van der Waals surface area contributed by atoms with Gasteiger partial charge in [0.15, 0.2) is 0 Å². The lowest BCUT2D eigenvalue weighted by atomic mass is 10.0. The largest absolute Gasteiger partial charge is 0.491 e. The van der Waals surface area contributed by atoms with E-state index in [4.69, 9.17) is 15.9 Å². The Morgan fingerprint density at radius 3 is 2.39 bits per heavy atom. The SMILES string of the molecule is CC(C)Oc1ccc(N)c(C(=N)c2ccnc(NC(=O)c3cnc(C(C)C)nc3)c2)c1. The molecule has 0 bridgehead atoms. The number of nitrogen functional groups attached to an aromatic ring is 1. The molecule has 0 aliphatic carbocycles. The van der Waals surface area contributed by atoms with Crippen LogP contribution in [-0.4, -0.2) is 32.7 Å². The summed E-state index contributed by atoms with van der Waals surface area (Å²) in [5.41, 5.74) is 8.19. The fourth-order valence-corrected chi connectivity index (χ4v) is 2.85. The molecule has 8 nitrogen and oxygen atoms in total. The minimum Gasteiger partial charge on any atom is -0.491 e. The number of carbonyl (C=O) groups is 1.